The average molecular weight is 270 g/mol. The summed E-state index contributed by atoms with van der Waals surface area (Å²) in [7, 11) is 0. The standard InChI is InChI=1S/C14H20F2N2O/c15-14(16,13-4-2-1-3-5-13)12-17-6-7-18-8-10-19-11-9-18/h1-5,17H,6-12H2. The van der Waals surface area contributed by atoms with Crippen LogP contribution in [0.25, 0.3) is 0 Å². The predicted octanol–water partition coefficient (Wildman–Crippen LogP) is 1.70. The first-order valence-corrected chi connectivity index (χ1v) is 6.63. The smallest absolute Gasteiger partial charge is 0.285 e. The molecule has 1 heterocycles. The number of alkyl halides is 2. The summed E-state index contributed by atoms with van der Waals surface area (Å²) in [6, 6.07) is 7.94. The van der Waals surface area contributed by atoms with Crippen LogP contribution in [-0.4, -0.2) is 50.8 Å². The lowest BCUT2D eigenvalue weighted by Crippen LogP contribution is -2.42. The summed E-state index contributed by atoms with van der Waals surface area (Å²) in [4.78, 5) is 2.22. The van der Waals surface area contributed by atoms with E-state index in [9.17, 15) is 8.78 Å². The van der Waals surface area contributed by atoms with Crippen LogP contribution in [0.15, 0.2) is 30.3 Å². The molecule has 0 spiro atoms. The van der Waals surface area contributed by atoms with E-state index in [1.807, 2.05) is 0 Å². The summed E-state index contributed by atoms with van der Waals surface area (Å²) in [5.74, 6) is -2.81. The summed E-state index contributed by atoms with van der Waals surface area (Å²) >= 11 is 0. The summed E-state index contributed by atoms with van der Waals surface area (Å²) in [5.41, 5.74) is 0.0638. The van der Waals surface area contributed by atoms with Gasteiger partial charge in [0.05, 0.1) is 19.8 Å². The molecule has 3 nitrogen and oxygen atoms in total. The van der Waals surface area contributed by atoms with Crippen molar-refractivity contribution in [2.75, 3.05) is 45.9 Å². The number of nitrogens with one attached hydrogen (secondary N) is 1. The minimum absolute atomic E-state index is 0.0638. The van der Waals surface area contributed by atoms with Gasteiger partial charge in [-0.25, -0.2) is 0 Å². The number of ether oxygens (including phenoxy) is 1. The van der Waals surface area contributed by atoms with E-state index in [2.05, 4.69) is 10.2 Å². The van der Waals surface area contributed by atoms with Crippen LogP contribution in [-0.2, 0) is 10.7 Å². The Morgan fingerprint density at radius 2 is 1.84 bits per heavy atom. The Morgan fingerprint density at radius 1 is 1.16 bits per heavy atom. The van der Waals surface area contributed by atoms with E-state index in [0.29, 0.717) is 6.54 Å². The van der Waals surface area contributed by atoms with Crippen LogP contribution in [0.4, 0.5) is 8.78 Å². The van der Waals surface area contributed by atoms with Gasteiger partial charge in [-0.3, -0.25) is 4.90 Å². The minimum atomic E-state index is -2.81. The number of benzene rings is 1. The van der Waals surface area contributed by atoms with E-state index in [4.69, 9.17) is 4.74 Å². The molecule has 0 atom stereocenters. The average Bonchev–Trinajstić information content (AvgIpc) is 2.46. The Labute approximate surface area is 112 Å². The Bertz CT molecular complexity index is 367. The summed E-state index contributed by atoms with van der Waals surface area (Å²) in [6.07, 6.45) is 0. The van der Waals surface area contributed by atoms with Crippen molar-refractivity contribution in [3.05, 3.63) is 35.9 Å². The van der Waals surface area contributed by atoms with Crippen LogP contribution in [0, 0.1) is 0 Å². The first-order valence-electron chi connectivity index (χ1n) is 6.63. The van der Waals surface area contributed by atoms with E-state index in [0.717, 1.165) is 32.8 Å². The van der Waals surface area contributed by atoms with Crippen LogP contribution < -0.4 is 5.32 Å². The van der Waals surface area contributed by atoms with Gasteiger partial charge < -0.3 is 10.1 Å². The van der Waals surface area contributed by atoms with Crippen molar-refractivity contribution in [1.29, 1.82) is 0 Å². The first-order chi connectivity index (χ1) is 9.18. The van der Waals surface area contributed by atoms with Crippen LogP contribution >= 0.6 is 0 Å². The fraction of sp³-hybridized carbons (Fsp3) is 0.571. The van der Waals surface area contributed by atoms with Crippen LogP contribution in [0.3, 0.4) is 0 Å². The molecule has 0 amide bonds. The second-order valence-corrected chi connectivity index (χ2v) is 4.70. The van der Waals surface area contributed by atoms with Gasteiger partial charge in [0.2, 0.25) is 0 Å². The third-order valence-corrected chi connectivity index (χ3v) is 3.25. The molecule has 19 heavy (non-hydrogen) atoms. The maximum absolute atomic E-state index is 13.8. The fourth-order valence-corrected chi connectivity index (χ4v) is 2.09. The Morgan fingerprint density at radius 3 is 2.53 bits per heavy atom. The van der Waals surface area contributed by atoms with Crippen molar-refractivity contribution in [3.63, 3.8) is 0 Å². The van der Waals surface area contributed by atoms with Crippen molar-refractivity contribution >= 4 is 0 Å². The molecule has 1 aromatic rings. The minimum Gasteiger partial charge on any atom is -0.379 e. The Kier molecular flexibility index (Phi) is 5.24. The van der Waals surface area contributed by atoms with Gasteiger partial charge in [-0.15, -0.1) is 0 Å². The highest BCUT2D eigenvalue weighted by molar-refractivity contribution is 5.20. The van der Waals surface area contributed by atoms with Gasteiger partial charge in [0.25, 0.3) is 5.92 Å². The largest absolute Gasteiger partial charge is 0.379 e. The number of morpholine rings is 1. The maximum atomic E-state index is 13.8. The maximum Gasteiger partial charge on any atom is 0.285 e. The van der Waals surface area contributed by atoms with Gasteiger partial charge >= 0.3 is 0 Å². The molecule has 0 radical (unpaired) electrons. The molecule has 1 fully saturated rings. The van der Waals surface area contributed by atoms with Crippen LogP contribution in [0.1, 0.15) is 5.56 Å². The fourth-order valence-electron chi connectivity index (χ4n) is 2.09. The van der Waals surface area contributed by atoms with Crippen LogP contribution in [0.2, 0.25) is 0 Å². The molecule has 2 rings (SSSR count). The van der Waals surface area contributed by atoms with Gasteiger partial charge in [-0.2, -0.15) is 8.78 Å². The molecule has 0 unspecified atom stereocenters. The van der Waals surface area contributed by atoms with Crippen molar-refractivity contribution < 1.29 is 13.5 Å². The van der Waals surface area contributed by atoms with Crippen molar-refractivity contribution in [2.45, 2.75) is 5.92 Å². The molecule has 0 aliphatic carbocycles. The van der Waals surface area contributed by atoms with E-state index >= 15 is 0 Å². The van der Waals surface area contributed by atoms with Crippen molar-refractivity contribution in [3.8, 4) is 0 Å². The quantitative estimate of drug-likeness (QED) is 0.796. The number of hydrogen-bond donors (Lipinski definition) is 1. The van der Waals surface area contributed by atoms with Gasteiger partial charge in [0, 0.05) is 31.7 Å². The Balaban J connectivity index is 1.69. The number of hydrogen-bond acceptors (Lipinski definition) is 3. The SMILES string of the molecule is FC(F)(CNCCN1CCOCC1)c1ccccc1. The third kappa shape index (κ3) is 4.53. The zero-order valence-corrected chi connectivity index (χ0v) is 10.9. The molecule has 0 saturated carbocycles. The number of nitrogens with zero attached hydrogens (tertiary/aromatic N) is 1. The predicted molar refractivity (Wildman–Crippen MR) is 70.5 cm³/mol. The molecule has 1 aromatic carbocycles. The van der Waals surface area contributed by atoms with Crippen molar-refractivity contribution in [1.82, 2.24) is 10.2 Å². The molecule has 0 aromatic heterocycles. The highest BCUT2D eigenvalue weighted by atomic mass is 19.3. The van der Waals surface area contributed by atoms with Gasteiger partial charge in [-0.05, 0) is 0 Å². The van der Waals surface area contributed by atoms with E-state index in [1.54, 1.807) is 18.2 Å². The molecular formula is C14H20F2N2O. The summed E-state index contributed by atoms with van der Waals surface area (Å²) in [6.45, 7) is 4.28. The second-order valence-electron chi connectivity index (χ2n) is 4.70. The molecule has 106 valence electrons. The molecule has 1 N–H and O–H groups in total. The summed E-state index contributed by atoms with van der Waals surface area (Å²) in [5, 5.41) is 2.84. The highest BCUT2D eigenvalue weighted by Gasteiger charge is 2.30. The zero-order valence-electron chi connectivity index (χ0n) is 10.9. The second kappa shape index (κ2) is 6.93. The molecule has 5 heteroatoms. The van der Waals surface area contributed by atoms with E-state index < -0.39 is 5.92 Å². The van der Waals surface area contributed by atoms with Crippen molar-refractivity contribution in [2.24, 2.45) is 0 Å². The van der Waals surface area contributed by atoms with Gasteiger partial charge in [0.15, 0.2) is 0 Å². The monoisotopic (exact) mass is 270 g/mol. The first kappa shape index (κ1) is 14.4. The molecule has 1 aliphatic rings. The topological polar surface area (TPSA) is 24.5 Å². The zero-order chi connectivity index (χ0) is 13.6. The lowest BCUT2D eigenvalue weighted by molar-refractivity contribution is -0.00482. The van der Waals surface area contributed by atoms with E-state index in [-0.39, 0.29) is 12.1 Å². The lowest BCUT2D eigenvalue weighted by atomic mass is 10.1. The molecule has 1 aliphatic heterocycles. The van der Waals surface area contributed by atoms with Gasteiger partial charge in [-0.1, -0.05) is 30.3 Å². The highest BCUT2D eigenvalue weighted by Crippen LogP contribution is 2.26. The number of halogens is 2. The summed E-state index contributed by atoms with van der Waals surface area (Å²) < 4.78 is 32.9. The molecule has 0 bridgehead atoms. The normalized spacial score (nSPS) is 17.6. The van der Waals surface area contributed by atoms with E-state index in [1.165, 1.54) is 12.1 Å². The Hall–Kier alpha value is -1.04. The van der Waals surface area contributed by atoms with Crippen LogP contribution in [0.5, 0.6) is 0 Å². The molecular weight excluding hydrogens is 250 g/mol. The lowest BCUT2D eigenvalue weighted by Gasteiger charge is -2.27. The number of rotatable bonds is 6. The molecule has 1 saturated heterocycles. The van der Waals surface area contributed by atoms with Gasteiger partial charge in [0.1, 0.15) is 0 Å². The third-order valence-electron chi connectivity index (χ3n) is 3.25.